The van der Waals surface area contributed by atoms with E-state index >= 15 is 0 Å². The maximum absolute atomic E-state index is 11.6. The second kappa shape index (κ2) is 4.72. The van der Waals surface area contributed by atoms with Gasteiger partial charge in [0.05, 0.1) is 0 Å². The highest BCUT2D eigenvalue weighted by Crippen LogP contribution is 2.26. The summed E-state index contributed by atoms with van der Waals surface area (Å²) in [6, 6.07) is 0.534. The van der Waals surface area contributed by atoms with E-state index in [1.54, 1.807) is 6.55 Å². The summed E-state index contributed by atoms with van der Waals surface area (Å²) in [6.07, 6.45) is -4.18. The Morgan fingerprint density at radius 1 is 1.17 bits per heavy atom. The van der Waals surface area contributed by atoms with Crippen molar-refractivity contribution in [3.05, 3.63) is 0 Å². The lowest BCUT2D eigenvalue weighted by Gasteiger charge is -2.10. The molecule has 0 aliphatic rings. The highest BCUT2D eigenvalue weighted by Gasteiger charge is 2.27. The summed E-state index contributed by atoms with van der Waals surface area (Å²) < 4.78 is 34.9. The molecule has 74 valence electrons. The molecule has 0 aliphatic carbocycles. The van der Waals surface area contributed by atoms with E-state index < -0.39 is 19.3 Å². The molecule has 0 fully saturated rings. The van der Waals surface area contributed by atoms with E-state index in [1.165, 1.54) is 0 Å². The number of unbranched alkanes of at least 4 members (excludes halogenated alkanes) is 1. The smallest absolute Gasteiger partial charge is 0.171 e. The van der Waals surface area contributed by atoms with Gasteiger partial charge in [0.1, 0.15) is 0 Å². The van der Waals surface area contributed by atoms with E-state index in [0.29, 0.717) is 12.5 Å². The third-order valence-electron chi connectivity index (χ3n) is 1.33. The molecular formula is C6H11Cl2F3Si. The molecule has 0 aliphatic heterocycles. The fraction of sp³-hybridized carbons (Fsp3) is 1.00. The summed E-state index contributed by atoms with van der Waals surface area (Å²) in [4.78, 5) is 0. The molecule has 0 amide bonds. The number of hydrogen-bond donors (Lipinski definition) is 0. The van der Waals surface area contributed by atoms with Crippen LogP contribution < -0.4 is 0 Å². The Labute approximate surface area is 80.5 Å². The average molecular weight is 239 g/mol. The summed E-state index contributed by atoms with van der Waals surface area (Å²) >= 11 is 11.4. The molecule has 0 nitrogen and oxygen atoms in total. The first-order chi connectivity index (χ1) is 5.21. The van der Waals surface area contributed by atoms with Crippen LogP contribution in [0, 0.1) is 0 Å². The fourth-order valence-corrected chi connectivity index (χ4v) is 2.43. The molecule has 0 heterocycles. The van der Waals surface area contributed by atoms with E-state index in [0.717, 1.165) is 0 Å². The minimum Gasteiger partial charge on any atom is -0.171 e. The van der Waals surface area contributed by atoms with Gasteiger partial charge in [-0.3, -0.25) is 0 Å². The SMILES string of the molecule is C[Si](Cl)(Cl)CCCCC(F)(F)F. The molecule has 0 unspecified atom stereocenters. The first-order valence-corrected chi connectivity index (χ1v) is 8.38. The first kappa shape index (κ1) is 12.6. The lowest BCUT2D eigenvalue weighted by Crippen LogP contribution is -2.13. The fourth-order valence-electron chi connectivity index (χ4n) is 0.761. The van der Waals surface area contributed by atoms with Crippen LogP contribution in [0.2, 0.25) is 12.6 Å². The standard InChI is InChI=1S/C6H11Cl2F3Si/c1-12(7,8)5-3-2-4-6(9,10)11/h2-5H2,1H3. The van der Waals surface area contributed by atoms with E-state index in [1.807, 2.05) is 0 Å². The topological polar surface area (TPSA) is 0 Å². The second-order valence-corrected chi connectivity index (χ2v) is 11.1. The predicted molar refractivity (Wildman–Crippen MR) is 48.0 cm³/mol. The van der Waals surface area contributed by atoms with Gasteiger partial charge < -0.3 is 0 Å². The van der Waals surface area contributed by atoms with Crippen LogP contribution >= 0.6 is 22.2 Å². The number of alkyl halides is 3. The largest absolute Gasteiger partial charge is 0.389 e. The van der Waals surface area contributed by atoms with Gasteiger partial charge in [-0.2, -0.15) is 13.2 Å². The van der Waals surface area contributed by atoms with Crippen molar-refractivity contribution < 1.29 is 13.2 Å². The zero-order valence-corrected chi connectivity index (χ0v) is 9.23. The zero-order chi connectivity index (χ0) is 9.83. The summed E-state index contributed by atoms with van der Waals surface area (Å²) in [5.74, 6) is 0. The summed E-state index contributed by atoms with van der Waals surface area (Å²) in [5, 5.41) is 0. The zero-order valence-electron chi connectivity index (χ0n) is 6.72. The maximum atomic E-state index is 11.6. The Morgan fingerprint density at radius 2 is 1.67 bits per heavy atom. The number of halogens is 5. The van der Waals surface area contributed by atoms with E-state index in [2.05, 4.69) is 0 Å². The Hall–Kier alpha value is 0.587. The van der Waals surface area contributed by atoms with Crippen LogP contribution in [0.3, 0.4) is 0 Å². The molecule has 0 rings (SSSR count). The maximum Gasteiger partial charge on any atom is 0.389 e. The quantitative estimate of drug-likeness (QED) is 0.390. The van der Waals surface area contributed by atoms with Crippen LogP contribution in [0.25, 0.3) is 0 Å². The Kier molecular flexibility index (Phi) is 4.95. The molecule has 6 heteroatoms. The third kappa shape index (κ3) is 10.6. The van der Waals surface area contributed by atoms with Crippen molar-refractivity contribution in [1.82, 2.24) is 0 Å². The Balaban J connectivity index is 3.35. The molecule has 0 saturated carbocycles. The summed E-state index contributed by atoms with van der Waals surface area (Å²) in [6.45, 7) is -0.464. The summed E-state index contributed by atoms with van der Waals surface area (Å²) in [5.41, 5.74) is 0. The first-order valence-electron chi connectivity index (χ1n) is 3.65. The van der Waals surface area contributed by atoms with Gasteiger partial charge in [0.15, 0.2) is 0 Å². The van der Waals surface area contributed by atoms with Crippen molar-refractivity contribution in [2.75, 3.05) is 0 Å². The van der Waals surface area contributed by atoms with Gasteiger partial charge in [0.25, 0.3) is 0 Å². The molecule has 0 aromatic rings. The summed E-state index contributed by atoms with van der Waals surface area (Å²) in [7, 11) is 0. The van der Waals surface area contributed by atoms with Crippen molar-refractivity contribution in [3.8, 4) is 0 Å². The van der Waals surface area contributed by atoms with Crippen LogP contribution in [-0.2, 0) is 0 Å². The van der Waals surface area contributed by atoms with Gasteiger partial charge in [-0.05, 0) is 19.0 Å². The monoisotopic (exact) mass is 238 g/mol. The Bertz CT molecular complexity index is 114. The van der Waals surface area contributed by atoms with Gasteiger partial charge in [-0.15, -0.1) is 22.2 Å². The van der Waals surface area contributed by atoms with Crippen LogP contribution in [0.15, 0.2) is 0 Å². The van der Waals surface area contributed by atoms with Crippen LogP contribution in [-0.4, -0.2) is 12.9 Å². The van der Waals surface area contributed by atoms with Crippen molar-refractivity contribution in [1.29, 1.82) is 0 Å². The number of hydrogen-bond acceptors (Lipinski definition) is 0. The molecule has 0 spiro atoms. The van der Waals surface area contributed by atoms with Gasteiger partial charge in [0.2, 0.25) is 6.69 Å². The molecule has 0 N–H and O–H groups in total. The second-order valence-electron chi connectivity index (χ2n) is 2.89. The Morgan fingerprint density at radius 3 is 2.00 bits per heavy atom. The molecular weight excluding hydrogens is 228 g/mol. The predicted octanol–water partition coefficient (Wildman–Crippen LogP) is 4.27. The molecule has 0 radical (unpaired) electrons. The van der Waals surface area contributed by atoms with Crippen LogP contribution in [0.5, 0.6) is 0 Å². The average Bonchev–Trinajstić information content (AvgIpc) is 1.76. The van der Waals surface area contributed by atoms with Gasteiger partial charge in [-0.1, -0.05) is 6.42 Å². The van der Waals surface area contributed by atoms with Gasteiger partial charge in [-0.25, -0.2) is 0 Å². The van der Waals surface area contributed by atoms with Crippen LogP contribution in [0.1, 0.15) is 19.3 Å². The van der Waals surface area contributed by atoms with Crippen molar-refractivity contribution in [2.45, 2.75) is 38.0 Å². The minimum absolute atomic E-state index is 0.130. The molecule has 0 saturated heterocycles. The highest BCUT2D eigenvalue weighted by molar-refractivity contribution is 7.44. The molecule has 0 bridgehead atoms. The van der Waals surface area contributed by atoms with Crippen molar-refractivity contribution >= 4 is 28.9 Å². The third-order valence-corrected chi connectivity index (χ3v) is 3.69. The molecule has 12 heavy (non-hydrogen) atoms. The lowest BCUT2D eigenvalue weighted by atomic mass is 10.2. The van der Waals surface area contributed by atoms with Crippen LogP contribution in [0.4, 0.5) is 13.2 Å². The van der Waals surface area contributed by atoms with E-state index in [9.17, 15) is 13.2 Å². The van der Waals surface area contributed by atoms with E-state index in [4.69, 9.17) is 22.2 Å². The van der Waals surface area contributed by atoms with Gasteiger partial charge >= 0.3 is 6.18 Å². The minimum atomic E-state index is -4.05. The van der Waals surface area contributed by atoms with Crippen molar-refractivity contribution in [3.63, 3.8) is 0 Å². The normalized spacial score (nSPS) is 13.5. The molecule has 0 atom stereocenters. The lowest BCUT2D eigenvalue weighted by molar-refractivity contribution is -0.135. The van der Waals surface area contributed by atoms with Crippen molar-refractivity contribution in [2.24, 2.45) is 0 Å². The van der Waals surface area contributed by atoms with E-state index in [-0.39, 0.29) is 6.42 Å². The van der Waals surface area contributed by atoms with Gasteiger partial charge in [0, 0.05) is 6.42 Å². The number of rotatable bonds is 4. The highest BCUT2D eigenvalue weighted by atomic mass is 35.7. The molecule has 0 aromatic carbocycles. The molecule has 0 aromatic heterocycles.